The lowest BCUT2D eigenvalue weighted by Crippen LogP contribution is -2.30. The lowest BCUT2D eigenvalue weighted by Gasteiger charge is -2.31. The number of rotatable bonds is 20. The van der Waals surface area contributed by atoms with Gasteiger partial charge in [-0.2, -0.15) is 38.2 Å². The van der Waals surface area contributed by atoms with Crippen molar-refractivity contribution in [2.45, 2.75) is 93.3 Å². The third-order valence-electron chi connectivity index (χ3n) is 12.3. The van der Waals surface area contributed by atoms with Gasteiger partial charge in [-0.1, -0.05) is 61.4 Å². The van der Waals surface area contributed by atoms with Gasteiger partial charge >= 0.3 is 0 Å². The summed E-state index contributed by atoms with van der Waals surface area (Å²) >= 11 is 0. The Labute approximate surface area is 386 Å². The van der Waals surface area contributed by atoms with Crippen molar-refractivity contribution in [3.63, 3.8) is 0 Å². The number of carbonyl (C=O) groups excluding carboxylic acids is 1. The molecule has 0 saturated carbocycles. The maximum atomic E-state index is 12.3. The molecule has 15 nitrogen and oxygen atoms in total. The summed E-state index contributed by atoms with van der Waals surface area (Å²) in [4.78, 5) is 13.1. The molecule has 0 amide bonds. The van der Waals surface area contributed by atoms with Crippen LogP contribution in [-0.2, 0) is 56.1 Å². The second-order valence-corrected chi connectivity index (χ2v) is 23.5. The summed E-state index contributed by atoms with van der Waals surface area (Å²) in [7, 11) is -17.6. The Morgan fingerprint density at radius 3 is 1.79 bits per heavy atom. The largest absolute Gasteiger partial charge is 0.344 e. The molecule has 4 aromatic rings. The van der Waals surface area contributed by atoms with Crippen molar-refractivity contribution in [1.29, 1.82) is 0 Å². The van der Waals surface area contributed by atoms with E-state index in [0.717, 1.165) is 45.4 Å². The molecule has 4 aromatic carbocycles. The van der Waals surface area contributed by atoms with Gasteiger partial charge in [0.15, 0.2) is 5.71 Å². The molecular weight excluding hydrogens is 929 g/mol. The van der Waals surface area contributed by atoms with Crippen LogP contribution in [0, 0.1) is 0 Å². The first-order valence-corrected chi connectivity index (χ1v) is 27.5. The number of nitrogens with zero attached hydrogens (tertiary/aromatic N) is 2. The van der Waals surface area contributed by atoms with E-state index in [9.17, 15) is 56.7 Å². The fourth-order valence-electron chi connectivity index (χ4n) is 9.37. The molecule has 2 aliphatic heterocycles. The highest BCUT2D eigenvalue weighted by atomic mass is 32.2. The number of allylic oxidation sites excluding steroid dienone is 8. The Kier molecular flexibility index (Phi) is 14.9. The summed E-state index contributed by atoms with van der Waals surface area (Å²) in [6, 6.07) is 16.2. The minimum Gasteiger partial charge on any atom is -0.344 e. The van der Waals surface area contributed by atoms with E-state index in [1.54, 1.807) is 43.4 Å². The highest BCUT2D eigenvalue weighted by molar-refractivity contribution is 7.86. The van der Waals surface area contributed by atoms with Gasteiger partial charge in [-0.3, -0.25) is 18.2 Å². The van der Waals surface area contributed by atoms with E-state index in [1.807, 2.05) is 72.7 Å². The van der Waals surface area contributed by atoms with Crippen LogP contribution in [0.15, 0.2) is 119 Å². The molecule has 354 valence electrons. The van der Waals surface area contributed by atoms with E-state index >= 15 is 0 Å². The van der Waals surface area contributed by atoms with Crippen LogP contribution in [0.4, 0.5) is 11.4 Å². The zero-order valence-electron chi connectivity index (χ0n) is 37.1. The van der Waals surface area contributed by atoms with Crippen molar-refractivity contribution in [1.82, 2.24) is 0 Å². The summed E-state index contributed by atoms with van der Waals surface area (Å²) in [6.45, 7) is 7.89. The van der Waals surface area contributed by atoms with Gasteiger partial charge < -0.3 is 9.69 Å². The molecule has 0 aliphatic carbocycles. The summed E-state index contributed by atoms with van der Waals surface area (Å²) in [5.41, 5.74) is 3.05. The highest BCUT2D eigenvalue weighted by Crippen LogP contribution is 2.54. The van der Waals surface area contributed by atoms with Gasteiger partial charge in [-0.15, -0.1) is 0 Å². The quantitative estimate of drug-likeness (QED) is 0.0282. The van der Waals surface area contributed by atoms with Crippen LogP contribution in [0.2, 0.25) is 0 Å². The number of hydrogen-bond donors (Lipinski definition) is 4. The van der Waals surface area contributed by atoms with E-state index in [1.165, 1.54) is 24.3 Å². The molecule has 0 fully saturated rings. The number of anilines is 1. The molecule has 2 heterocycles. The summed E-state index contributed by atoms with van der Waals surface area (Å²) < 4.78 is 137. The summed E-state index contributed by atoms with van der Waals surface area (Å²) in [5, 5.41) is 2.66. The molecule has 66 heavy (non-hydrogen) atoms. The number of hydrogen-bond acceptors (Lipinski definition) is 10. The van der Waals surface area contributed by atoms with Gasteiger partial charge in [0.25, 0.3) is 40.5 Å². The van der Waals surface area contributed by atoms with Crippen LogP contribution in [0.25, 0.3) is 21.5 Å². The van der Waals surface area contributed by atoms with Gasteiger partial charge in [0.05, 0.1) is 26.7 Å². The molecule has 1 unspecified atom stereocenters. The maximum Gasteiger partial charge on any atom is 0.294 e. The second kappa shape index (κ2) is 19.4. The van der Waals surface area contributed by atoms with Gasteiger partial charge in [0.1, 0.15) is 12.3 Å². The first kappa shape index (κ1) is 50.6. The molecule has 0 radical (unpaired) electrons. The third-order valence-corrected chi connectivity index (χ3v) is 15.6. The minimum absolute atomic E-state index is 0.0746. The van der Waals surface area contributed by atoms with Gasteiger partial charge in [-0.05, 0) is 117 Å². The Morgan fingerprint density at radius 2 is 1.20 bits per heavy atom. The molecule has 0 aromatic heterocycles. The molecule has 4 N–H and O–H groups in total. The summed E-state index contributed by atoms with van der Waals surface area (Å²) in [6.07, 6.45) is 16.1. The zero-order valence-corrected chi connectivity index (χ0v) is 40.3. The number of benzene rings is 4. The summed E-state index contributed by atoms with van der Waals surface area (Å²) in [5.74, 6) is -0.871. The van der Waals surface area contributed by atoms with Crippen molar-refractivity contribution >= 4 is 84.9 Å². The van der Waals surface area contributed by atoms with E-state index in [-0.39, 0.29) is 41.5 Å². The first-order chi connectivity index (χ1) is 30.7. The molecule has 2 aliphatic rings. The first-order valence-electron chi connectivity index (χ1n) is 21.4. The van der Waals surface area contributed by atoms with Crippen molar-refractivity contribution in [3.8, 4) is 0 Å². The van der Waals surface area contributed by atoms with Crippen LogP contribution < -0.4 is 4.90 Å². The molecule has 0 bridgehead atoms. The molecule has 19 heteroatoms. The maximum absolute atomic E-state index is 12.3. The van der Waals surface area contributed by atoms with Gasteiger partial charge in [0, 0.05) is 53.9 Å². The number of unbranched alkanes of at least 4 members (excludes halogenated alkanes) is 2. The number of Topliss-reactive ketones (excluding diaryl/α,β-unsaturated/α-hetero) is 1. The predicted octanol–water partition coefficient (Wildman–Crippen LogP) is 8.29. The highest BCUT2D eigenvalue weighted by Gasteiger charge is 2.46. The Hall–Kier alpha value is -4.86. The lowest BCUT2D eigenvalue weighted by atomic mass is 9.75. The van der Waals surface area contributed by atoms with E-state index < -0.39 is 62.8 Å². The van der Waals surface area contributed by atoms with Crippen molar-refractivity contribution < 1.29 is 61.3 Å². The Balaban J connectivity index is 1.38. The van der Waals surface area contributed by atoms with Crippen molar-refractivity contribution in [2.24, 2.45) is 0 Å². The Morgan fingerprint density at radius 1 is 0.652 bits per heavy atom. The number of carbonyl (C=O) groups is 1. The smallest absolute Gasteiger partial charge is 0.294 e. The Bertz CT molecular complexity index is 3210. The SMILES string of the molecule is CC(=O)CCCCCC1(C)C(=CC=CC=CC=CC2=[N+](CCCS(=O)(=O)O)c3ccc4ccc(S(=O)(=O)O)cc4c3C2(C)C)N(CCCS(=O)(=O)O)c2ccc3ccc(S(=O)(=O)O)cc3c21. The lowest BCUT2D eigenvalue weighted by molar-refractivity contribution is -0.437. The molecule has 0 spiro atoms. The van der Waals surface area contributed by atoms with Crippen LogP contribution in [0.1, 0.15) is 83.8 Å². The molecule has 6 rings (SSSR count). The van der Waals surface area contributed by atoms with Crippen LogP contribution in [0.5, 0.6) is 0 Å². The zero-order chi connectivity index (χ0) is 48.5. The minimum atomic E-state index is -4.56. The van der Waals surface area contributed by atoms with Crippen molar-refractivity contribution in [3.05, 3.63) is 120 Å². The van der Waals surface area contributed by atoms with E-state index in [0.29, 0.717) is 42.1 Å². The molecular formula is C47H55N2O13S4+. The van der Waals surface area contributed by atoms with Gasteiger partial charge in [0.2, 0.25) is 5.69 Å². The second-order valence-electron chi connectivity index (χ2n) is 17.5. The normalized spacial score (nSPS) is 18.5. The molecule has 1 atom stereocenters. The third kappa shape index (κ3) is 11.4. The number of ketones is 1. The van der Waals surface area contributed by atoms with Crippen LogP contribution >= 0.6 is 0 Å². The standard InChI is InChI=1S/C47H54N2O13S4/c1-33(50)15-9-8-12-26-47(4)43(49(28-14-30-64(54,55)56)41-25-21-35-19-23-37(66(60,61)62)32-39(35)45(41)47)17-11-7-5-6-10-16-42-46(2,3)44-38-31-36(65(57,58)59)22-18-34(38)20-24-40(44)48(42)27-13-29-63(51,52)53/h5-7,10-11,16-25,31-32H,8-9,12-15,26-30H2,1-4H3,(H3-,51,52,53,54,55,56,57,58,59,60,61,62)/p+1. The molecule has 0 saturated heterocycles. The predicted molar refractivity (Wildman–Crippen MR) is 256 cm³/mol. The van der Waals surface area contributed by atoms with Gasteiger partial charge in [-0.25, -0.2) is 0 Å². The van der Waals surface area contributed by atoms with Crippen LogP contribution in [-0.4, -0.2) is 92.5 Å². The van der Waals surface area contributed by atoms with Crippen molar-refractivity contribution in [2.75, 3.05) is 29.5 Å². The fraction of sp³-hybridized carbons (Fsp3) is 0.362. The van der Waals surface area contributed by atoms with E-state index in [4.69, 9.17) is 0 Å². The average molecular weight is 984 g/mol. The average Bonchev–Trinajstić information content (AvgIpc) is 3.57. The van der Waals surface area contributed by atoms with E-state index in [2.05, 4.69) is 0 Å². The van der Waals surface area contributed by atoms with Crippen LogP contribution in [0.3, 0.4) is 0 Å². The fourth-order valence-corrected chi connectivity index (χ4v) is 11.4. The monoisotopic (exact) mass is 983 g/mol. The topological polar surface area (TPSA) is 241 Å². The number of fused-ring (bicyclic) bond motifs is 6.